The zero-order chi connectivity index (χ0) is 14.2. The van der Waals surface area contributed by atoms with Gasteiger partial charge in [-0.1, -0.05) is 6.92 Å². The van der Waals surface area contributed by atoms with Crippen molar-refractivity contribution < 1.29 is 4.79 Å². The molecule has 5 heteroatoms. The molecule has 2 saturated heterocycles. The number of nitrogens with zero attached hydrogens (tertiary/aromatic N) is 1. The predicted octanol–water partition coefficient (Wildman–Crippen LogP) is 1.32. The third-order valence-electron chi connectivity index (χ3n) is 4.46. The maximum atomic E-state index is 11.9. The van der Waals surface area contributed by atoms with Crippen molar-refractivity contribution in [1.29, 1.82) is 0 Å². The van der Waals surface area contributed by atoms with Crippen LogP contribution in [0.2, 0.25) is 0 Å². The van der Waals surface area contributed by atoms with E-state index in [0.717, 1.165) is 31.2 Å². The summed E-state index contributed by atoms with van der Waals surface area (Å²) in [4.78, 5) is 14.4. The average Bonchev–Trinajstić information content (AvgIpc) is 2.49. The fraction of sp³-hybridized carbons (Fsp3) is 0.933. The van der Waals surface area contributed by atoms with Crippen LogP contribution in [0.4, 0.5) is 0 Å². The topological polar surface area (TPSA) is 44.4 Å². The van der Waals surface area contributed by atoms with Crippen molar-refractivity contribution in [3.63, 3.8) is 0 Å². The SMILES string of the molecule is CCN1CCC(CCNC(=O)CC2CSCCN2)CC1. The van der Waals surface area contributed by atoms with Crippen LogP contribution in [0.5, 0.6) is 0 Å². The molecule has 1 atom stereocenters. The molecule has 2 rings (SSSR count). The van der Waals surface area contributed by atoms with Crippen LogP contribution < -0.4 is 10.6 Å². The van der Waals surface area contributed by atoms with Crippen molar-refractivity contribution in [1.82, 2.24) is 15.5 Å². The summed E-state index contributed by atoms with van der Waals surface area (Å²) in [5, 5.41) is 6.51. The van der Waals surface area contributed by atoms with Gasteiger partial charge in [0.05, 0.1) is 0 Å². The lowest BCUT2D eigenvalue weighted by Crippen LogP contribution is -2.41. The summed E-state index contributed by atoms with van der Waals surface area (Å²) in [5.74, 6) is 3.27. The normalized spacial score (nSPS) is 25.6. The zero-order valence-corrected chi connectivity index (χ0v) is 13.5. The van der Waals surface area contributed by atoms with E-state index in [1.54, 1.807) is 0 Å². The van der Waals surface area contributed by atoms with Crippen molar-refractivity contribution in [2.75, 3.05) is 44.2 Å². The second kappa shape index (κ2) is 8.90. The summed E-state index contributed by atoms with van der Waals surface area (Å²) in [6.07, 6.45) is 4.38. The number of piperidine rings is 1. The van der Waals surface area contributed by atoms with Gasteiger partial charge in [0, 0.05) is 37.1 Å². The Morgan fingerprint density at radius 1 is 1.40 bits per heavy atom. The van der Waals surface area contributed by atoms with Gasteiger partial charge in [0.15, 0.2) is 0 Å². The zero-order valence-electron chi connectivity index (χ0n) is 12.7. The van der Waals surface area contributed by atoms with E-state index in [2.05, 4.69) is 22.5 Å². The van der Waals surface area contributed by atoms with Gasteiger partial charge in [0.25, 0.3) is 0 Å². The third-order valence-corrected chi connectivity index (χ3v) is 5.59. The van der Waals surface area contributed by atoms with Crippen LogP contribution in [0.25, 0.3) is 0 Å². The van der Waals surface area contributed by atoms with Crippen LogP contribution in [0.15, 0.2) is 0 Å². The van der Waals surface area contributed by atoms with E-state index in [4.69, 9.17) is 0 Å². The van der Waals surface area contributed by atoms with E-state index in [-0.39, 0.29) is 5.91 Å². The summed E-state index contributed by atoms with van der Waals surface area (Å²) >= 11 is 1.95. The fourth-order valence-corrected chi connectivity index (χ4v) is 4.00. The monoisotopic (exact) mass is 299 g/mol. The number of rotatable bonds is 6. The summed E-state index contributed by atoms with van der Waals surface area (Å²) in [5.41, 5.74) is 0. The van der Waals surface area contributed by atoms with Crippen LogP contribution in [-0.2, 0) is 4.79 Å². The molecule has 0 radical (unpaired) electrons. The van der Waals surface area contributed by atoms with Crippen molar-refractivity contribution >= 4 is 17.7 Å². The van der Waals surface area contributed by atoms with Gasteiger partial charge in [0.1, 0.15) is 0 Å². The van der Waals surface area contributed by atoms with Crippen LogP contribution in [0.1, 0.15) is 32.6 Å². The molecule has 2 aliphatic heterocycles. The Labute approximate surface area is 127 Å². The van der Waals surface area contributed by atoms with Crippen LogP contribution in [-0.4, -0.2) is 61.1 Å². The first-order valence-electron chi connectivity index (χ1n) is 8.08. The molecule has 20 heavy (non-hydrogen) atoms. The number of carbonyl (C=O) groups is 1. The van der Waals surface area contributed by atoms with E-state index in [9.17, 15) is 4.79 Å². The first kappa shape index (κ1) is 16.1. The Morgan fingerprint density at radius 2 is 2.20 bits per heavy atom. The Kier molecular flexibility index (Phi) is 7.17. The fourth-order valence-electron chi connectivity index (χ4n) is 3.05. The number of hydrogen-bond donors (Lipinski definition) is 2. The molecule has 0 aromatic heterocycles. The molecule has 0 aromatic rings. The molecule has 116 valence electrons. The molecule has 0 spiro atoms. The summed E-state index contributed by atoms with van der Waals surface area (Å²) in [6.45, 7) is 7.78. The Morgan fingerprint density at radius 3 is 2.85 bits per heavy atom. The highest BCUT2D eigenvalue weighted by molar-refractivity contribution is 7.99. The van der Waals surface area contributed by atoms with Crippen molar-refractivity contribution in [2.45, 2.75) is 38.6 Å². The molecule has 2 aliphatic rings. The standard InChI is InChI=1S/C15H29N3OS/c1-2-18-8-4-13(5-9-18)3-6-17-15(19)11-14-12-20-10-7-16-14/h13-14,16H,2-12H2,1H3,(H,17,19). The van der Waals surface area contributed by atoms with Crippen LogP contribution >= 0.6 is 11.8 Å². The van der Waals surface area contributed by atoms with Crippen molar-refractivity contribution in [3.05, 3.63) is 0 Å². The number of thioether (sulfide) groups is 1. The van der Waals surface area contributed by atoms with Crippen molar-refractivity contribution in [3.8, 4) is 0 Å². The maximum absolute atomic E-state index is 11.9. The second-order valence-electron chi connectivity index (χ2n) is 5.95. The largest absolute Gasteiger partial charge is 0.356 e. The minimum absolute atomic E-state index is 0.219. The number of amides is 1. The lowest BCUT2D eigenvalue weighted by atomic mass is 9.93. The predicted molar refractivity (Wildman–Crippen MR) is 86.2 cm³/mol. The smallest absolute Gasteiger partial charge is 0.221 e. The number of carbonyl (C=O) groups excluding carboxylic acids is 1. The molecule has 2 fully saturated rings. The first-order chi connectivity index (χ1) is 9.78. The summed E-state index contributed by atoms with van der Waals surface area (Å²) in [7, 11) is 0. The Balaban J connectivity index is 1.53. The van der Waals surface area contributed by atoms with Gasteiger partial charge in [-0.15, -0.1) is 0 Å². The molecule has 0 aliphatic carbocycles. The minimum atomic E-state index is 0.219. The van der Waals surface area contributed by atoms with Gasteiger partial charge in [-0.25, -0.2) is 0 Å². The van der Waals surface area contributed by atoms with E-state index in [1.165, 1.54) is 38.2 Å². The van der Waals surface area contributed by atoms with Gasteiger partial charge in [-0.05, 0) is 44.8 Å². The molecule has 0 bridgehead atoms. The van der Waals surface area contributed by atoms with Crippen LogP contribution in [0.3, 0.4) is 0 Å². The van der Waals surface area contributed by atoms with Gasteiger partial charge in [0.2, 0.25) is 5.91 Å². The molecule has 0 saturated carbocycles. The molecule has 2 N–H and O–H groups in total. The molecule has 1 unspecified atom stereocenters. The van der Waals surface area contributed by atoms with Gasteiger partial charge < -0.3 is 15.5 Å². The summed E-state index contributed by atoms with van der Waals surface area (Å²) in [6, 6.07) is 0.376. The molecule has 0 aromatic carbocycles. The summed E-state index contributed by atoms with van der Waals surface area (Å²) < 4.78 is 0. The lowest BCUT2D eigenvalue weighted by molar-refractivity contribution is -0.121. The average molecular weight is 299 g/mol. The molecule has 4 nitrogen and oxygen atoms in total. The van der Waals surface area contributed by atoms with E-state index >= 15 is 0 Å². The molecular weight excluding hydrogens is 270 g/mol. The highest BCUT2D eigenvalue weighted by atomic mass is 32.2. The van der Waals surface area contributed by atoms with Gasteiger partial charge in [-0.3, -0.25) is 4.79 Å². The third kappa shape index (κ3) is 5.62. The number of hydrogen-bond acceptors (Lipinski definition) is 4. The van der Waals surface area contributed by atoms with E-state index in [0.29, 0.717) is 12.5 Å². The second-order valence-corrected chi connectivity index (χ2v) is 7.10. The number of likely N-dealkylation sites (tertiary alicyclic amines) is 1. The van der Waals surface area contributed by atoms with Crippen LogP contribution in [0, 0.1) is 5.92 Å². The van der Waals surface area contributed by atoms with E-state index in [1.807, 2.05) is 11.8 Å². The number of nitrogens with one attached hydrogen (secondary N) is 2. The van der Waals surface area contributed by atoms with E-state index < -0.39 is 0 Å². The highest BCUT2D eigenvalue weighted by Gasteiger charge is 2.19. The van der Waals surface area contributed by atoms with Gasteiger partial charge in [-0.2, -0.15) is 11.8 Å². The van der Waals surface area contributed by atoms with Crippen molar-refractivity contribution in [2.24, 2.45) is 5.92 Å². The first-order valence-corrected chi connectivity index (χ1v) is 9.23. The quantitative estimate of drug-likeness (QED) is 0.776. The molecular formula is C15H29N3OS. The Hall–Kier alpha value is -0.260. The maximum Gasteiger partial charge on any atom is 0.221 e. The molecule has 2 heterocycles. The lowest BCUT2D eigenvalue weighted by Gasteiger charge is -2.31. The Bertz CT molecular complexity index is 287. The molecule has 1 amide bonds. The van der Waals surface area contributed by atoms with Gasteiger partial charge >= 0.3 is 0 Å². The minimum Gasteiger partial charge on any atom is -0.356 e. The highest BCUT2D eigenvalue weighted by Crippen LogP contribution is 2.19.